The molecule has 1 aromatic rings. The van der Waals surface area contributed by atoms with Crippen molar-refractivity contribution in [2.24, 2.45) is 0 Å². The van der Waals surface area contributed by atoms with Gasteiger partial charge in [-0.3, -0.25) is 4.84 Å². The average Bonchev–Trinajstić information content (AvgIpc) is 2.58. The summed E-state index contributed by atoms with van der Waals surface area (Å²) >= 11 is 5.76. The van der Waals surface area contributed by atoms with Crippen LogP contribution in [0.3, 0.4) is 0 Å². The molecule has 1 aliphatic heterocycles. The number of alkyl halides is 1. The molecule has 1 heterocycles. The Morgan fingerprint density at radius 3 is 2.39 bits per heavy atom. The van der Waals surface area contributed by atoms with Gasteiger partial charge in [-0.1, -0.05) is 30.3 Å². The average molecular weight is 348 g/mol. The SMILES string of the molecule is OC[C@H]1O[C@@H](N(CCCl)OCc2ccccc2)[C@H](O)[C@@H](O)[C@@H]1O. The molecule has 130 valence electrons. The Kier molecular flexibility index (Phi) is 7.19. The maximum Gasteiger partial charge on any atom is 0.162 e. The predicted molar refractivity (Wildman–Crippen MR) is 82.4 cm³/mol. The Labute approximate surface area is 139 Å². The maximum absolute atomic E-state index is 10.1. The van der Waals surface area contributed by atoms with Crippen molar-refractivity contribution in [3.63, 3.8) is 0 Å². The molecule has 4 N–H and O–H groups in total. The van der Waals surface area contributed by atoms with Gasteiger partial charge >= 0.3 is 0 Å². The normalized spacial score (nSPS) is 31.5. The summed E-state index contributed by atoms with van der Waals surface area (Å²) in [6.45, 7) is -0.0291. The summed E-state index contributed by atoms with van der Waals surface area (Å²) < 4.78 is 5.47. The highest BCUT2D eigenvalue weighted by Crippen LogP contribution is 2.24. The predicted octanol–water partition coefficient (Wildman–Crippen LogP) is -0.541. The first-order valence-corrected chi connectivity index (χ1v) is 7.92. The molecule has 0 radical (unpaired) electrons. The van der Waals surface area contributed by atoms with E-state index in [1.54, 1.807) is 0 Å². The Morgan fingerprint density at radius 2 is 1.78 bits per heavy atom. The molecule has 0 amide bonds. The van der Waals surface area contributed by atoms with Gasteiger partial charge in [0.1, 0.15) is 24.4 Å². The highest BCUT2D eigenvalue weighted by Gasteiger charge is 2.46. The molecule has 8 heteroatoms. The van der Waals surface area contributed by atoms with Gasteiger partial charge in [-0.25, -0.2) is 0 Å². The fraction of sp³-hybridized carbons (Fsp3) is 0.600. The van der Waals surface area contributed by atoms with E-state index in [1.807, 2.05) is 30.3 Å². The van der Waals surface area contributed by atoms with E-state index in [2.05, 4.69) is 0 Å². The third-order valence-corrected chi connectivity index (χ3v) is 3.86. The quantitative estimate of drug-likeness (QED) is 0.388. The van der Waals surface area contributed by atoms with Crippen molar-refractivity contribution in [3.05, 3.63) is 35.9 Å². The van der Waals surface area contributed by atoms with Gasteiger partial charge < -0.3 is 25.2 Å². The number of hydrogen-bond acceptors (Lipinski definition) is 7. The smallest absolute Gasteiger partial charge is 0.162 e. The van der Waals surface area contributed by atoms with Crippen molar-refractivity contribution in [1.82, 2.24) is 5.06 Å². The van der Waals surface area contributed by atoms with Gasteiger partial charge in [0.05, 0.1) is 13.2 Å². The maximum atomic E-state index is 10.1. The lowest BCUT2D eigenvalue weighted by molar-refractivity contribution is -0.337. The lowest BCUT2D eigenvalue weighted by atomic mass is 9.98. The minimum atomic E-state index is -1.45. The molecule has 7 nitrogen and oxygen atoms in total. The van der Waals surface area contributed by atoms with Crippen molar-refractivity contribution in [1.29, 1.82) is 0 Å². The molecular weight excluding hydrogens is 326 g/mol. The van der Waals surface area contributed by atoms with Crippen LogP contribution in [-0.4, -0.2) is 75.2 Å². The molecule has 1 aromatic carbocycles. The van der Waals surface area contributed by atoms with Crippen LogP contribution in [0.25, 0.3) is 0 Å². The topological polar surface area (TPSA) is 103 Å². The second-order valence-electron chi connectivity index (χ2n) is 5.31. The molecular formula is C15H22ClNO6. The summed E-state index contributed by atoms with van der Waals surface area (Å²) in [4.78, 5) is 5.64. The molecule has 0 saturated carbocycles. The van der Waals surface area contributed by atoms with E-state index < -0.39 is 37.3 Å². The van der Waals surface area contributed by atoms with E-state index in [0.29, 0.717) is 0 Å². The molecule has 0 bridgehead atoms. The first-order valence-electron chi connectivity index (χ1n) is 7.38. The molecule has 2 rings (SSSR count). The first kappa shape index (κ1) is 18.6. The van der Waals surface area contributed by atoms with Gasteiger partial charge in [-0.05, 0) is 5.56 Å². The summed E-state index contributed by atoms with van der Waals surface area (Å²) in [5, 5.41) is 40.4. The van der Waals surface area contributed by atoms with Crippen LogP contribution in [0.4, 0.5) is 0 Å². The largest absolute Gasteiger partial charge is 0.394 e. The Balaban J connectivity index is 2.06. The third kappa shape index (κ3) is 4.62. The van der Waals surface area contributed by atoms with Crippen molar-refractivity contribution < 1.29 is 30.0 Å². The van der Waals surface area contributed by atoms with E-state index in [0.717, 1.165) is 5.56 Å². The second kappa shape index (κ2) is 8.91. The van der Waals surface area contributed by atoms with Crippen LogP contribution in [0, 0.1) is 0 Å². The summed E-state index contributed by atoms with van der Waals surface area (Å²) in [6, 6.07) is 9.40. The molecule has 5 atom stereocenters. The summed E-state index contributed by atoms with van der Waals surface area (Å²) in [5.41, 5.74) is 0.914. The van der Waals surface area contributed by atoms with E-state index in [4.69, 9.17) is 21.2 Å². The number of aliphatic hydroxyl groups is 4. The number of rotatable bonds is 7. The van der Waals surface area contributed by atoms with Crippen molar-refractivity contribution in [2.75, 3.05) is 19.0 Å². The van der Waals surface area contributed by atoms with E-state index in [-0.39, 0.29) is 19.0 Å². The van der Waals surface area contributed by atoms with Gasteiger partial charge in [-0.2, -0.15) is 5.06 Å². The van der Waals surface area contributed by atoms with Gasteiger partial charge in [0, 0.05) is 12.4 Å². The molecule has 0 aliphatic carbocycles. The highest BCUT2D eigenvalue weighted by molar-refractivity contribution is 6.18. The Hall–Kier alpha value is -0.770. The molecule has 23 heavy (non-hydrogen) atoms. The number of nitrogens with zero attached hydrogens (tertiary/aromatic N) is 1. The van der Waals surface area contributed by atoms with Crippen LogP contribution in [0.15, 0.2) is 30.3 Å². The number of hydrogen-bond donors (Lipinski definition) is 4. The van der Waals surface area contributed by atoms with Crippen LogP contribution < -0.4 is 0 Å². The van der Waals surface area contributed by atoms with Crippen molar-refractivity contribution >= 4 is 11.6 Å². The number of hydroxylamine groups is 2. The fourth-order valence-corrected chi connectivity index (χ4v) is 2.57. The first-order chi connectivity index (χ1) is 11.1. The molecule has 0 spiro atoms. The summed E-state index contributed by atoms with van der Waals surface area (Å²) in [5.74, 6) is 0.212. The zero-order valence-electron chi connectivity index (χ0n) is 12.5. The van der Waals surface area contributed by atoms with Crippen LogP contribution in [0.2, 0.25) is 0 Å². The standard InChI is InChI=1S/C15H22ClNO6/c16-6-7-17(22-9-10-4-2-1-3-5-10)15-14(21)13(20)12(19)11(8-18)23-15/h1-5,11-15,18-21H,6-9H2/t11-,12-,13+,14-,15-/m1/s1. The summed E-state index contributed by atoms with van der Waals surface area (Å²) in [6.07, 6.45) is -6.29. The lowest BCUT2D eigenvalue weighted by Crippen LogP contribution is -2.63. The fourth-order valence-electron chi connectivity index (χ4n) is 2.40. The molecule has 0 aromatic heterocycles. The Bertz CT molecular complexity index is 463. The van der Waals surface area contributed by atoms with Crippen LogP contribution in [0.1, 0.15) is 5.56 Å². The number of ether oxygens (including phenoxy) is 1. The Morgan fingerprint density at radius 1 is 1.09 bits per heavy atom. The zero-order chi connectivity index (χ0) is 16.8. The minimum Gasteiger partial charge on any atom is -0.394 e. The number of aliphatic hydroxyl groups excluding tert-OH is 4. The number of halogens is 1. The van der Waals surface area contributed by atoms with Gasteiger partial charge in [0.25, 0.3) is 0 Å². The molecule has 1 saturated heterocycles. The van der Waals surface area contributed by atoms with E-state index in [9.17, 15) is 20.4 Å². The van der Waals surface area contributed by atoms with Crippen LogP contribution >= 0.6 is 11.6 Å². The van der Waals surface area contributed by atoms with Gasteiger partial charge in [0.15, 0.2) is 6.23 Å². The van der Waals surface area contributed by atoms with E-state index in [1.165, 1.54) is 5.06 Å². The lowest BCUT2D eigenvalue weighted by Gasteiger charge is -2.43. The summed E-state index contributed by atoms with van der Waals surface area (Å²) in [7, 11) is 0. The van der Waals surface area contributed by atoms with Gasteiger partial charge in [0.2, 0.25) is 0 Å². The zero-order valence-corrected chi connectivity index (χ0v) is 13.3. The van der Waals surface area contributed by atoms with E-state index >= 15 is 0 Å². The molecule has 1 aliphatic rings. The van der Waals surface area contributed by atoms with Crippen molar-refractivity contribution in [2.45, 2.75) is 37.3 Å². The van der Waals surface area contributed by atoms with Crippen molar-refractivity contribution in [3.8, 4) is 0 Å². The monoisotopic (exact) mass is 347 g/mol. The second-order valence-corrected chi connectivity index (χ2v) is 5.69. The highest BCUT2D eigenvalue weighted by atomic mass is 35.5. The van der Waals surface area contributed by atoms with Crippen LogP contribution in [0.5, 0.6) is 0 Å². The third-order valence-electron chi connectivity index (χ3n) is 3.70. The van der Waals surface area contributed by atoms with Gasteiger partial charge in [-0.15, -0.1) is 11.6 Å². The molecule has 1 fully saturated rings. The molecule has 0 unspecified atom stereocenters. The van der Waals surface area contributed by atoms with Crippen LogP contribution in [-0.2, 0) is 16.2 Å². The minimum absolute atomic E-state index is 0.212. The number of benzene rings is 1.